The van der Waals surface area contributed by atoms with E-state index in [0.29, 0.717) is 13.1 Å². The first-order valence-electron chi connectivity index (χ1n) is 8.44. The molecule has 1 aliphatic rings. The first-order valence-corrected chi connectivity index (χ1v) is 8.44. The fourth-order valence-corrected chi connectivity index (χ4v) is 2.98. The van der Waals surface area contributed by atoms with Crippen LogP contribution < -0.4 is 15.4 Å². The molecule has 0 unspecified atom stereocenters. The maximum atomic E-state index is 11.9. The van der Waals surface area contributed by atoms with E-state index in [2.05, 4.69) is 20.4 Å². The number of ether oxygens (including phenoxy) is 1. The number of urea groups is 1. The molecule has 24 heavy (non-hydrogen) atoms. The number of carbonyl (C=O) groups excluding carboxylic acids is 1. The Labute approximate surface area is 142 Å². The van der Waals surface area contributed by atoms with E-state index in [1.54, 1.807) is 7.11 Å². The molecule has 6 nitrogen and oxygen atoms in total. The molecular weight excluding hydrogens is 304 g/mol. The Bertz CT molecular complexity index is 679. The van der Waals surface area contributed by atoms with Gasteiger partial charge in [0, 0.05) is 30.9 Å². The largest absolute Gasteiger partial charge is 0.497 e. The molecule has 0 atom stereocenters. The van der Waals surface area contributed by atoms with E-state index in [0.717, 1.165) is 30.7 Å². The molecule has 2 aromatic rings. The average Bonchev–Trinajstić information content (AvgIpc) is 3.04. The van der Waals surface area contributed by atoms with Crippen molar-refractivity contribution < 1.29 is 9.53 Å². The van der Waals surface area contributed by atoms with Crippen molar-refractivity contribution in [2.45, 2.75) is 38.8 Å². The number of nitrogens with zero attached hydrogens (tertiary/aromatic N) is 2. The summed E-state index contributed by atoms with van der Waals surface area (Å²) in [6.07, 6.45) is 6.11. The lowest BCUT2D eigenvalue weighted by Crippen LogP contribution is -2.36. The van der Waals surface area contributed by atoms with Gasteiger partial charge in [-0.25, -0.2) is 4.79 Å². The number of carbonyl (C=O) groups is 1. The van der Waals surface area contributed by atoms with Crippen LogP contribution in [0.15, 0.2) is 30.5 Å². The maximum absolute atomic E-state index is 11.9. The summed E-state index contributed by atoms with van der Waals surface area (Å²) in [5.74, 6) is 0.842. The van der Waals surface area contributed by atoms with Gasteiger partial charge in [-0.3, -0.25) is 4.68 Å². The van der Waals surface area contributed by atoms with Gasteiger partial charge in [0.05, 0.1) is 13.3 Å². The highest BCUT2D eigenvalue weighted by molar-refractivity contribution is 5.73. The molecule has 1 aliphatic heterocycles. The Hall–Kier alpha value is -2.50. The number of rotatable bonds is 6. The molecule has 1 aromatic carbocycles. The minimum atomic E-state index is -0.140. The van der Waals surface area contributed by atoms with Gasteiger partial charge in [-0.1, -0.05) is 12.1 Å². The number of aryl methyl sites for hydroxylation is 1. The lowest BCUT2D eigenvalue weighted by atomic mass is 10.1. The lowest BCUT2D eigenvalue weighted by Gasteiger charge is -2.15. The summed E-state index contributed by atoms with van der Waals surface area (Å²) >= 11 is 0. The second kappa shape index (κ2) is 7.86. The van der Waals surface area contributed by atoms with Crippen molar-refractivity contribution >= 4 is 6.03 Å². The minimum Gasteiger partial charge on any atom is -0.497 e. The average molecular weight is 328 g/mol. The van der Waals surface area contributed by atoms with Gasteiger partial charge in [-0.2, -0.15) is 5.10 Å². The SMILES string of the molecule is COc1ccc(CCNC(=O)NCc2cnn3c2CCCC3)cc1. The van der Waals surface area contributed by atoms with Gasteiger partial charge >= 0.3 is 6.03 Å². The normalized spacial score (nSPS) is 13.2. The molecule has 6 heteroatoms. The molecule has 0 aliphatic carbocycles. The van der Waals surface area contributed by atoms with Crippen molar-refractivity contribution in [3.05, 3.63) is 47.3 Å². The number of benzene rings is 1. The first kappa shape index (κ1) is 16.4. The monoisotopic (exact) mass is 328 g/mol. The number of nitrogens with one attached hydrogen (secondary N) is 2. The van der Waals surface area contributed by atoms with Crippen LogP contribution in [-0.4, -0.2) is 29.5 Å². The molecule has 2 N–H and O–H groups in total. The third-order valence-electron chi connectivity index (χ3n) is 4.37. The highest BCUT2D eigenvalue weighted by atomic mass is 16.5. The Balaban J connectivity index is 1.40. The number of fused-ring (bicyclic) bond motifs is 1. The van der Waals surface area contributed by atoms with E-state index in [4.69, 9.17) is 4.74 Å². The van der Waals surface area contributed by atoms with Gasteiger partial charge in [0.1, 0.15) is 5.75 Å². The van der Waals surface area contributed by atoms with Crippen molar-refractivity contribution in [1.29, 1.82) is 0 Å². The summed E-state index contributed by atoms with van der Waals surface area (Å²) < 4.78 is 7.19. The second-order valence-electron chi connectivity index (χ2n) is 6.00. The third-order valence-corrected chi connectivity index (χ3v) is 4.37. The predicted octanol–water partition coefficient (Wildman–Crippen LogP) is 2.27. The van der Waals surface area contributed by atoms with E-state index in [1.807, 2.05) is 30.5 Å². The first-order chi connectivity index (χ1) is 11.8. The molecule has 128 valence electrons. The summed E-state index contributed by atoms with van der Waals surface area (Å²) in [7, 11) is 1.65. The van der Waals surface area contributed by atoms with Crippen LogP contribution in [0, 0.1) is 0 Å². The van der Waals surface area contributed by atoms with Gasteiger partial charge in [0.15, 0.2) is 0 Å². The van der Waals surface area contributed by atoms with E-state index in [-0.39, 0.29) is 6.03 Å². The van der Waals surface area contributed by atoms with Crippen LogP contribution in [0.5, 0.6) is 5.75 Å². The van der Waals surface area contributed by atoms with E-state index in [9.17, 15) is 4.79 Å². The van der Waals surface area contributed by atoms with Crippen LogP contribution in [0.2, 0.25) is 0 Å². The van der Waals surface area contributed by atoms with E-state index in [1.165, 1.54) is 24.1 Å². The summed E-state index contributed by atoms with van der Waals surface area (Å²) in [5, 5.41) is 10.2. The van der Waals surface area contributed by atoms with Gasteiger partial charge in [0.25, 0.3) is 0 Å². The lowest BCUT2D eigenvalue weighted by molar-refractivity contribution is 0.240. The van der Waals surface area contributed by atoms with Crippen LogP contribution in [0.1, 0.15) is 29.7 Å². The molecule has 0 bridgehead atoms. The quantitative estimate of drug-likeness (QED) is 0.855. The molecule has 0 spiro atoms. The molecule has 0 saturated heterocycles. The number of aromatic nitrogens is 2. The highest BCUT2D eigenvalue weighted by Gasteiger charge is 2.14. The van der Waals surface area contributed by atoms with Gasteiger partial charge in [0.2, 0.25) is 0 Å². The summed E-state index contributed by atoms with van der Waals surface area (Å²) in [5.41, 5.74) is 3.56. The second-order valence-corrected chi connectivity index (χ2v) is 6.00. The van der Waals surface area contributed by atoms with E-state index < -0.39 is 0 Å². The van der Waals surface area contributed by atoms with Crippen molar-refractivity contribution in [2.75, 3.05) is 13.7 Å². The number of hydrogen-bond acceptors (Lipinski definition) is 3. The Morgan fingerprint density at radius 1 is 1.25 bits per heavy atom. The minimum absolute atomic E-state index is 0.140. The number of amides is 2. The van der Waals surface area contributed by atoms with Gasteiger partial charge in [-0.15, -0.1) is 0 Å². The summed E-state index contributed by atoms with van der Waals surface area (Å²) in [6, 6.07) is 7.74. The van der Waals surface area contributed by atoms with E-state index >= 15 is 0 Å². The maximum Gasteiger partial charge on any atom is 0.315 e. The number of methoxy groups -OCH3 is 1. The zero-order valence-electron chi connectivity index (χ0n) is 14.0. The summed E-state index contributed by atoms with van der Waals surface area (Å²) in [6.45, 7) is 2.12. The molecule has 2 heterocycles. The van der Waals surface area contributed by atoms with Crippen LogP contribution in [-0.2, 0) is 25.9 Å². The standard InChI is InChI=1S/C18H24N4O2/c1-24-16-7-5-14(6-8-16)9-10-19-18(23)20-12-15-13-21-22-11-3-2-4-17(15)22/h5-8,13H,2-4,9-12H2,1H3,(H2,19,20,23). The molecule has 1 aromatic heterocycles. The van der Waals surface area contributed by atoms with Crippen molar-refractivity contribution in [1.82, 2.24) is 20.4 Å². The molecule has 3 rings (SSSR count). The van der Waals surface area contributed by atoms with Crippen LogP contribution in [0.3, 0.4) is 0 Å². The van der Waals surface area contributed by atoms with Gasteiger partial charge < -0.3 is 15.4 Å². The molecule has 0 fully saturated rings. The fraction of sp³-hybridized carbons (Fsp3) is 0.444. The van der Waals surface area contributed by atoms with Crippen LogP contribution in [0.25, 0.3) is 0 Å². The molecule has 2 amide bonds. The number of hydrogen-bond donors (Lipinski definition) is 2. The smallest absolute Gasteiger partial charge is 0.315 e. The van der Waals surface area contributed by atoms with Crippen LogP contribution >= 0.6 is 0 Å². The molecule has 0 radical (unpaired) electrons. The highest BCUT2D eigenvalue weighted by Crippen LogP contribution is 2.17. The zero-order valence-corrected chi connectivity index (χ0v) is 14.0. The molecular formula is C18H24N4O2. The third kappa shape index (κ3) is 4.07. The molecule has 0 saturated carbocycles. The van der Waals surface area contributed by atoms with Crippen molar-refractivity contribution in [3.8, 4) is 5.75 Å². The fourth-order valence-electron chi connectivity index (χ4n) is 2.98. The Morgan fingerprint density at radius 2 is 2.08 bits per heavy atom. The summed E-state index contributed by atoms with van der Waals surface area (Å²) in [4.78, 5) is 11.9. The zero-order chi connectivity index (χ0) is 16.8. The topological polar surface area (TPSA) is 68.2 Å². The van der Waals surface area contributed by atoms with Crippen LogP contribution in [0.4, 0.5) is 4.79 Å². The van der Waals surface area contributed by atoms with Crippen molar-refractivity contribution in [2.24, 2.45) is 0 Å². The van der Waals surface area contributed by atoms with Gasteiger partial charge in [-0.05, 0) is 43.4 Å². The predicted molar refractivity (Wildman–Crippen MR) is 92.1 cm³/mol. The Morgan fingerprint density at radius 3 is 2.88 bits per heavy atom. The Kier molecular flexibility index (Phi) is 5.36. The van der Waals surface area contributed by atoms with Crippen molar-refractivity contribution in [3.63, 3.8) is 0 Å².